The molecule has 1 fully saturated rings. The summed E-state index contributed by atoms with van der Waals surface area (Å²) >= 11 is 0. The molecule has 0 aliphatic carbocycles. The van der Waals surface area contributed by atoms with Crippen LogP contribution in [0.5, 0.6) is 0 Å². The van der Waals surface area contributed by atoms with Crippen LogP contribution in [0.1, 0.15) is 36.0 Å². The van der Waals surface area contributed by atoms with E-state index in [1.807, 2.05) is 4.90 Å². The van der Waals surface area contributed by atoms with Crippen molar-refractivity contribution < 1.29 is 9.59 Å². The van der Waals surface area contributed by atoms with Gasteiger partial charge in [-0.2, -0.15) is 0 Å². The number of likely N-dealkylation sites (tertiary alicyclic amines) is 1. The molecule has 3 rings (SSSR count). The summed E-state index contributed by atoms with van der Waals surface area (Å²) < 4.78 is 0. The number of benzene rings is 2. The summed E-state index contributed by atoms with van der Waals surface area (Å²) in [5.41, 5.74) is 8.05. The predicted octanol–water partition coefficient (Wildman–Crippen LogP) is 4.35. The van der Waals surface area contributed by atoms with E-state index in [2.05, 4.69) is 10.6 Å². The van der Waals surface area contributed by atoms with Crippen LogP contribution in [0.15, 0.2) is 48.5 Å². The molecule has 0 saturated carbocycles. The van der Waals surface area contributed by atoms with E-state index in [9.17, 15) is 9.59 Å². The first kappa shape index (κ1) is 20.6. The molecule has 0 radical (unpaired) electrons. The molecule has 6 nitrogen and oxygen atoms in total. The van der Waals surface area contributed by atoms with Gasteiger partial charge in [-0.25, -0.2) is 4.79 Å². The van der Waals surface area contributed by atoms with E-state index in [0.717, 1.165) is 25.9 Å². The molecule has 0 bridgehead atoms. The fourth-order valence-electron chi connectivity index (χ4n) is 3.02. The first-order valence-electron chi connectivity index (χ1n) is 8.95. The van der Waals surface area contributed by atoms with Crippen molar-refractivity contribution in [1.82, 2.24) is 4.90 Å². The molecule has 1 aliphatic heterocycles. The second kappa shape index (κ2) is 9.83. The highest BCUT2D eigenvalue weighted by Crippen LogP contribution is 2.18. The van der Waals surface area contributed by atoms with Gasteiger partial charge in [-0.1, -0.05) is 25.0 Å². The molecule has 144 valence electrons. The maximum atomic E-state index is 12.3. The average molecular weight is 389 g/mol. The van der Waals surface area contributed by atoms with Gasteiger partial charge >= 0.3 is 6.03 Å². The van der Waals surface area contributed by atoms with Crippen molar-refractivity contribution in [1.29, 1.82) is 0 Å². The molecular weight excluding hydrogens is 364 g/mol. The molecule has 4 N–H and O–H groups in total. The topological polar surface area (TPSA) is 87.5 Å². The smallest absolute Gasteiger partial charge is 0.321 e. The number of urea groups is 1. The van der Waals surface area contributed by atoms with Gasteiger partial charge in [0, 0.05) is 30.2 Å². The lowest BCUT2D eigenvalue weighted by molar-refractivity contribution is 0.102. The summed E-state index contributed by atoms with van der Waals surface area (Å²) in [7, 11) is 0. The first-order valence-corrected chi connectivity index (χ1v) is 8.95. The number of nitrogens with one attached hydrogen (secondary N) is 2. The first-order chi connectivity index (χ1) is 12.6. The molecule has 2 aromatic carbocycles. The van der Waals surface area contributed by atoms with Gasteiger partial charge in [0.2, 0.25) is 0 Å². The number of nitrogen functional groups attached to an aromatic ring is 1. The van der Waals surface area contributed by atoms with Crippen molar-refractivity contribution in [2.75, 3.05) is 29.5 Å². The van der Waals surface area contributed by atoms with Crippen LogP contribution in [-0.4, -0.2) is 29.9 Å². The zero-order chi connectivity index (χ0) is 18.4. The fraction of sp³-hybridized carbons (Fsp3) is 0.300. The van der Waals surface area contributed by atoms with Crippen LogP contribution >= 0.6 is 12.4 Å². The van der Waals surface area contributed by atoms with E-state index in [-0.39, 0.29) is 24.3 Å². The number of rotatable bonds is 3. The van der Waals surface area contributed by atoms with Crippen LogP contribution in [0.3, 0.4) is 0 Å². The second-order valence-electron chi connectivity index (χ2n) is 6.45. The maximum Gasteiger partial charge on any atom is 0.321 e. The van der Waals surface area contributed by atoms with Crippen LogP contribution in [0.2, 0.25) is 0 Å². The van der Waals surface area contributed by atoms with Gasteiger partial charge < -0.3 is 21.3 Å². The Morgan fingerprint density at radius 3 is 1.96 bits per heavy atom. The van der Waals surface area contributed by atoms with Crippen LogP contribution in [0, 0.1) is 0 Å². The molecule has 1 heterocycles. The van der Waals surface area contributed by atoms with Crippen LogP contribution in [0.4, 0.5) is 21.9 Å². The molecule has 27 heavy (non-hydrogen) atoms. The number of hydrogen-bond donors (Lipinski definition) is 3. The van der Waals surface area contributed by atoms with E-state index in [4.69, 9.17) is 5.73 Å². The maximum absolute atomic E-state index is 12.3. The molecular formula is C20H25ClN4O2. The van der Waals surface area contributed by atoms with E-state index in [0.29, 0.717) is 22.6 Å². The quantitative estimate of drug-likeness (QED) is 0.683. The molecule has 0 spiro atoms. The number of carbonyl (C=O) groups excluding carboxylic acids is 2. The molecule has 7 heteroatoms. The van der Waals surface area contributed by atoms with Gasteiger partial charge in [0.25, 0.3) is 5.91 Å². The standard InChI is InChI=1S/C20H24N4O2.ClH/c21-18-8-4-3-7-17(18)19(25)22-15-9-11-16(12-10-15)23-20(26)24-13-5-1-2-6-14-24;/h3-4,7-12H,1-2,5-6,13-14,21H2,(H,22,25)(H,23,26);1H. The molecule has 2 aromatic rings. The minimum absolute atomic E-state index is 0. The summed E-state index contributed by atoms with van der Waals surface area (Å²) in [6.07, 6.45) is 4.48. The van der Waals surface area contributed by atoms with Crippen molar-refractivity contribution in [2.24, 2.45) is 0 Å². The number of hydrogen-bond acceptors (Lipinski definition) is 3. The zero-order valence-corrected chi connectivity index (χ0v) is 15.9. The van der Waals surface area contributed by atoms with Crippen molar-refractivity contribution in [2.45, 2.75) is 25.7 Å². The lowest BCUT2D eigenvalue weighted by Gasteiger charge is -2.20. The van der Waals surface area contributed by atoms with E-state index < -0.39 is 0 Å². The Bertz CT molecular complexity index is 772. The zero-order valence-electron chi connectivity index (χ0n) is 15.1. The number of nitrogens with zero attached hydrogens (tertiary/aromatic N) is 1. The SMILES string of the molecule is Cl.Nc1ccccc1C(=O)Nc1ccc(NC(=O)N2CCCCCC2)cc1. The van der Waals surface area contributed by atoms with Gasteiger partial charge in [0.1, 0.15) is 0 Å². The fourth-order valence-corrected chi connectivity index (χ4v) is 3.02. The Morgan fingerprint density at radius 2 is 1.37 bits per heavy atom. The van der Waals surface area contributed by atoms with Crippen molar-refractivity contribution in [3.63, 3.8) is 0 Å². The second-order valence-corrected chi connectivity index (χ2v) is 6.45. The van der Waals surface area contributed by atoms with Crippen molar-refractivity contribution in [3.8, 4) is 0 Å². The number of amides is 3. The number of para-hydroxylation sites is 1. The summed E-state index contributed by atoms with van der Waals surface area (Å²) in [5.74, 6) is -0.260. The van der Waals surface area contributed by atoms with Gasteiger partial charge in [-0.3, -0.25) is 4.79 Å². The van der Waals surface area contributed by atoms with Crippen LogP contribution in [0.25, 0.3) is 0 Å². The monoisotopic (exact) mass is 388 g/mol. The Balaban J connectivity index is 0.00000261. The highest BCUT2D eigenvalue weighted by Gasteiger charge is 2.15. The average Bonchev–Trinajstić information content (AvgIpc) is 2.93. The molecule has 1 saturated heterocycles. The number of halogens is 1. The minimum atomic E-state index is -0.260. The van der Waals surface area contributed by atoms with Crippen LogP contribution in [-0.2, 0) is 0 Å². The number of carbonyl (C=O) groups is 2. The predicted molar refractivity (Wildman–Crippen MR) is 112 cm³/mol. The summed E-state index contributed by atoms with van der Waals surface area (Å²) in [6, 6.07) is 13.9. The number of nitrogens with two attached hydrogens (primary N) is 1. The molecule has 3 amide bonds. The van der Waals surface area contributed by atoms with Gasteiger partial charge in [0.15, 0.2) is 0 Å². The molecule has 0 aromatic heterocycles. The Kier molecular flexibility index (Phi) is 7.49. The molecule has 1 aliphatic rings. The van der Waals surface area contributed by atoms with Crippen molar-refractivity contribution in [3.05, 3.63) is 54.1 Å². The number of anilines is 3. The lowest BCUT2D eigenvalue weighted by Crippen LogP contribution is -2.35. The minimum Gasteiger partial charge on any atom is -0.398 e. The van der Waals surface area contributed by atoms with E-state index in [1.54, 1.807) is 48.5 Å². The third kappa shape index (κ3) is 5.62. The Morgan fingerprint density at radius 1 is 0.815 bits per heavy atom. The van der Waals surface area contributed by atoms with Crippen LogP contribution < -0.4 is 16.4 Å². The van der Waals surface area contributed by atoms with Gasteiger partial charge in [-0.05, 0) is 49.2 Å². The van der Waals surface area contributed by atoms with E-state index in [1.165, 1.54) is 12.8 Å². The third-order valence-electron chi connectivity index (χ3n) is 4.49. The molecule has 0 atom stereocenters. The largest absolute Gasteiger partial charge is 0.398 e. The van der Waals surface area contributed by atoms with Crippen molar-refractivity contribution >= 4 is 41.4 Å². The van der Waals surface area contributed by atoms with E-state index >= 15 is 0 Å². The normalized spacial score (nSPS) is 13.9. The van der Waals surface area contributed by atoms with Gasteiger partial charge in [-0.15, -0.1) is 12.4 Å². The van der Waals surface area contributed by atoms with Gasteiger partial charge in [0.05, 0.1) is 5.56 Å². The Labute approximate surface area is 165 Å². The third-order valence-corrected chi connectivity index (χ3v) is 4.49. The summed E-state index contributed by atoms with van der Waals surface area (Å²) in [5, 5.41) is 5.72. The summed E-state index contributed by atoms with van der Waals surface area (Å²) in [6.45, 7) is 1.61. The highest BCUT2D eigenvalue weighted by atomic mass is 35.5. The summed E-state index contributed by atoms with van der Waals surface area (Å²) in [4.78, 5) is 26.5. The molecule has 0 unspecified atom stereocenters. The lowest BCUT2D eigenvalue weighted by atomic mass is 10.1. The Hall–Kier alpha value is -2.73. The highest BCUT2D eigenvalue weighted by molar-refractivity contribution is 6.07.